The van der Waals surface area contributed by atoms with E-state index in [2.05, 4.69) is 6.92 Å². The lowest BCUT2D eigenvalue weighted by Gasteiger charge is -2.52. The summed E-state index contributed by atoms with van der Waals surface area (Å²) >= 11 is 0. The average molecular weight is 517 g/mol. The number of rotatable bonds is 24. The van der Waals surface area contributed by atoms with Gasteiger partial charge in [-0.25, -0.2) is 14.4 Å². The molecule has 0 saturated heterocycles. The lowest BCUT2D eigenvalue weighted by molar-refractivity contribution is -0.993. The van der Waals surface area contributed by atoms with E-state index in [1.54, 1.807) is 0 Å². The number of carboxylic acid groups (broad SMARTS) is 3. The molecule has 0 fully saturated rings. The third-order valence-corrected chi connectivity index (χ3v) is 8.41. The van der Waals surface area contributed by atoms with Gasteiger partial charge in [0.1, 0.15) is 0 Å². The summed E-state index contributed by atoms with van der Waals surface area (Å²) in [6.07, 6.45) is 18.7. The highest BCUT2D eigenvalue weighted by Gasteiger charge is 2.69. The maximum absolute atomic E-state index is 12.3. The van der Waals surface area contributed by atoms with E-state index in [-0.39, 0.29) is 12.8 Å². The topological polar surface area (TPSA) is 132 Å². The molecule has 0 aliphatic carbocycles. The largest absolute Gasteiger partial charge is 0.477 e. The van der Waals surface area contributed by atoms with Crippen LogP contribution < -0.4 is 0 Å². The molecule has 8 nitrogen and oxygen atoms in total. The zero-order chi connectivity index (χ0) is 27.7. The molecule has 36 heavy (non-hydrogen) atoms. The molecule has 0 amide bonds. The Labute approximate surface area is 218 Å². The van der Waals surface area contributed by atoms with Gasteiger partial charge in [0.05, 0.1) is 7.05 Å². The van der Waals surface area contributed by atoms with Gasteiger partial charge in [-0.05, 0) is 6.42 Å². The van der Waals surface area contributed by atoms with Crippen molar-refractivity contribution in [3.63, 3.8) is 0 Å². The van der Waals surface area contributed by atoms with Gasteiger partial charge < -0.3 is 20.4 Å². The van der Waals surface area contributed by atoms with E-state index >= 15 is 0 Å². The van der Waals surface area contributed by atoms with Gasteiger partial charge >= 0.3 is 17.9 Å². The number of aliphatic carboxylic acids is 3. The number of hydrogen-bond acceptors (Lipinski definition) is 4. The Bertz CT molecular complexity index is 640. The van der Waals surface area contributed by atoms with Crippen molar-refractivity contribution in [2.45, 2.75) is 147 Å². The highest BCUT2D eigenvalue weighted by atomic mass is 16.4. The average Bonchev–Trinajstić information content (AvgIpc) is 2.83. The quantitative estimate of drug-likeness (QED) is 0.0520. The van der Waals surface area contributed by atoms with Gasteiger partial charge in [0.15, 0.2) is 12.3 Å². The van der Waals surface area contributed by atoms with Crippen molar-refractivity contribution >= 4 is 17.9 Å². The molecule has 0 rings (SSSR count). The van der Waals surface area contributed by atoms with E-state index in [4.69, 9.17) is 0 Å². The predicted molar refractivity (Wildman–Crippen MR) is 142 cm³/mol. The molecule has 0 aliphatic heterocycles. The summed E-state index contributed by atoms with van der Waals surface area (Å²) < 4.78 is -1.02. The van der Waals surface area contributed by atoms with Gasteiger partial charge in [0, 0.05) is 19.8 Å². The molecule has 8 heteroatoms. The first-order chi connectivity index (χ1) is 17.0. The molecular weight excluding hydrogens is 462 g/mol. The first-order valence-corrected chi connectivity index (χ1v) is 14.2. The Morgan fingerprint density at radius 1 is 0.611 bits per heavy atom. The molecule has 0 radical (unpaired) electrons. The fourth-order valence-corrected chi connectivity index (χ4v) is 5.45. The van der Waals surface area contributed by atoms with E-state index in [1.165, 1.54) is 91.5 Å². The number of hydrogen-bond donors (Lipinski definition) is 4. The Balaban J connectivity index is 4.50. The van der Waals surface area contributed by atoms with Crippen molar-refractivity contribution in [3.8, 4) is 0 Å². The van der Waals surface area contributed by atoms with Crippen LogP contribution in [0.2, 0.25) is 0 Å². The van der Waals surface area contributed by atoms with Crippen LogP contribution in [0, 0.1) is 0 Å². The minimum atomic E-state index is -2.46. The van der Waals surface area contributed by atoms with E-state index in [0.717, 1.165) is 25.7 Å². The summed E-state index contributed by atoms with van der Waals surface area (Å²) in [4.78, 5) is 36.5. The van der Waals surface area contributed by atoms with E-state index < -0.39 is 40.2 Å². The van der Waals surface area contributed by atoms with Gasteiger partial charge in [-0.15, -0.1) is 0 Å². The van der Waals surface area contributed by atoms with Crippen LogP contribution in [-0.4, -0.2) is 67.7 Å². The molecular formula is C28H54NO7+. The Morgan fingerprint density at radius 3 is 1.19 bits per heavy atom. The van der Waals surface area contributed by atoms with Gasteiger partial charge in [0.2, 0.25) is 0 Å². The van der Waals surface area contributed by atoms with E-state index in [9.17, 15) is 34.8 Å². The Kier molecular flexibility index (Phi) is 16.9. The number of carboxylic acids is 3. The van der Waals surface area contributed by atoms with Crippen LogP contribution in [0.15, 0.2) is 0 Å². The number of quaternary nitrogens is 1. The third-order valence-electron chi connectivity index (χ3n) is 8.41. The van der Waals surface area contributed by atoms with Crippen LogP contribution in [0.3, 0.4) is 0 Å². The molecule has 0 aromatic carbocycles. The van der Waals surface area contributed by atoms with Crippen molar-refractivity contribution in [2.75, 3.05) is 13.8 Å². The van der Waals surface area contributed by atoms with Crippen LogP contribution in [-0.2, 0) is 14.4 Å². The maximum atomic E-state index is 12.3. The van der Waals surface area contributed by atoms with Crippen molar-refractivity contribution in [1.29, 1.82) is 0 Å². The van der Waals surface area contributed by atoms with E-state index in [1.807, 2.05) is 0 Å². The monoisotopic (exact) mass is 516 g/mol. The van der Waals surface area contributed by atoms with Crippen LogP contribution in [0.1, 0.15) is 136 Å². The van der Waals surface area contributed by atoms with Crippen molar-refractivity contribution in [2.24, 2.45) is 0 Å². The highest BCUT2D eigenvalue weighted by molar-refractivity contribution is 6.02. The minimum Gasteiger partial charge on any atom is -0.477 e. The van der Waals surface area contributed by atoms with Gasteiger partial charge in [-0.3, -0.25) is 4.48 Å². The van der Waals surface area contributed by atoms with Crippen molar-refractivity contribution < 1.29 is 39.3 Å². The van der Waals surface area contributed by atoms with Gasteiger partial charge in [-0.1, -0.05) is 110 Å². The molecule has 0 aromatic rings. The summed E-state index contributed by atoms with van der Waals surface area (Å²) in [6.45, 7) is 4.08. The maximum Gasteiger partial charge on any atom is 0.378 e. The summed E-state index contributed by atoms with van der Waals surface area (Å²) in [5.41, 5.74) is -4.23. The molecule has 0 aromatic heterocycles. The summed E-state index contributed by atoms with van der Waals surface area (Å²) in [5, 5.41) is 39.8. The van der Waals surface area contributed by atoms with Crippen LogP contribution >= 0.6 is 0 Å². The standard InChI is InChI=1S/C28H53NO7/c1-5-7-8-9-10-11-12-13-14-15-16-17-18-19-20-21-22-27(3,24(31)32)29(4,23-30)28(6-2,25(33)34)26(35)36/h30H,5-23H2,1-4H3,(H2-,31,32,33,34,35,36)/p+1. The SMILES string of the molecule is CCCCCCCCCCCCCCCCCCC(C)(C(=O)O)[N+](C)(CO)C(CC)(C(=O)O)C(=O)O. The fourth-order valence-electron chi connectivity index (χ4n) is 5.45. The number of carbonyl (C=O) groups is 3. The Hall–Kier alpha value is -1.67. The Morgan fingerprint density at radius 2 is 0.944 bits per heavy atom. The first-order valence-electron chi connectivity index (χ1n) is 14.2. The fraction of sp³-hybridized carbons (Fsp3) is 0.893. The molecule has 212 valence electrons. The summed E-state index contributed by atoms with van der Waals surface area (Å²) in [7, 11) is 1.23. The smallest absolute Gasteiger partial charge is 0.378 e. The molecule has 2 atom stereocenters. The normalized spacial score (nSPS) is 15.2. The minimum absolute atomic E-state index is 0.0835. The number of aliphatic hydroxyl groups excluding tert-OH is 1. The van der Waals surface area contributed by atoms with Gasteiger partial charge in [0.25, 0.3) is 5.54 Å². The van der Waals surface area contributed by atoms with Crippen molar-refractivity contribution in [1.82, 2.24) is 0 Å². The molecule has 2 unspecified atom stereocenters. The lowest BCUT2D eigenvalue weighted by atomic mass is 9.81. The number of unbranched alkanes of at least 4 members (excludes halogenated alkanes) is 15. The summed E-state index contributed by atoms with van der Waals surface area (Å²) in [6, 6.07) is 0. The highest BCUT2D eigenvalue weighted by Crippen LogP contribution is 2.40. The van der Waals surface area contributed by atoms with Crippen molar-refractivity contribution in [3.05, 3.63) is 0 Å². The number of nitrogens with zero attached hydrogens (tertiary/aromatic N) is 1. The number of likely N-dealkylation sites (N-methyl/N-ethyl adjacent to an activating group) is 1. The van der Waals surface area contributed by atoms with Crippen LogP contribution in [0.4, 0.5) is 0 Å². The second-order valence-electron chi connectivity index (χ2n) is 10.8. The molecule has 0 spiro atoms. The van der Waals surface area contributed by atoms with Gasteiger partial charge in [-0.2, -0.15) is 0 Å². The second kappa shape index (κ2) is 17.7. The number of aliphatic hydroxyl groups is 1. The lowest BCUT2D eigenvalue weighted by Crippen LogP contribution is -2.79. The predicted octanol–water partition coefficient (Wildman–Crippen LogP) is 6.20. The molecule has 0 saturated carbocycles. The zero-order valence-corrected chi connectivity index (χ0v) is 23.4. The molecule has 0 aliphatic rings. The molecule has 0 heterocycles. The second-order valence-corrected chi connectivity index (χ2v) is 10.8. The zero-order valence-electron chi connectivity index (χ0n) is 23.4. The third kappa shape index (κ3) is 9.02. The summed E-state index contributed by atoms with van der Waals surface area (Å²) in [5.74, 6) is -4.60. The molecule has 0 bridgehead atoms. The first kappa shape index (κ1) is 34.3. The van der Waals surface area contributed by atoms with Crippen LogP contribution in [0.5, 0.6) is 0 Å². The van der Waals surface area contributed by atoms with Crippen LogP contribution in [0.25, 0.3) is 0 Å². The van der Waals surface area contributed by atoms with E-state index in [0.29, 0.717) is 6.42 Å². The molecule has 4 N–H and O–H groups in total.